The molecule has 0 atom stereocenters. The number of carbonyl (C=O) groups excluding carboxylic acids is 1. The molecule has 1 N–H and O–H groups in total. The summed E-state index contributed by atoms with van der Waals surface area (Å²) in [5.41, 5.74) is 0. The van der Waals surface area contributed by atoms with E-state index in [0.717, 1.165) is 57.3 Å². The second kappa shape index (κ2) is 7.58. The average molecular weight is 336 g/mol. The van der Waals surface area contributed by atoms with Crippen LogP contribution >= 0.6 is 0 Å². The van der Waals surface area contributed by atoms with Gasteiger partial charge in [0.1, 0.15) is 11.6 Å². The maximum Gasteiger partial charge on any atom is 0.234 e. The Bertz CT molecular complexity index is 561. The zero-order valence-electron chi connectivity index (χ0n) is 14.9. The van der Waals surface area contributed by atoms with Crippen molar-refractivity contribution in [3.8, 4) is 0 Å². The lowest BCUT2D eigenvalue weighted by Crippen LogP contribution is -2.49. The van der Waals surface area contributed by atoms with Crippen molar-refractivity contribution in [1.82, 2.24) is 29.9 Å². The van der Waals surface area contributed by atoms with Gasteiger partial charge < -0.3 is 19.5 Å². The van der Waals surface area contributed by atoms with Crippen LogP contribution in [0.4, 0.5) is 0 Å². The van der Waals surface area contributed by atoms with Gasteiger partial charge >= 0.3 is 0 Å². The van der Waals surface area contributed by atoms with E-state index in [1.807, 2.05) is 21.1 Å². The molecule has 2 fully saturated rings. The maximum atomic E-state index is 12.1. The van der Waals surface area contributed by atoms with E-state index < -0.39 is 0 Å². The number of hydrogen-bond donors (Lipinski definition) is 1. The molecule has 1 aromatic heterocycles. The van der Waals surface area contributed by atoms with Crippen molar-refractivity contribution in [2.24, 2.45) is 7.05 Å². The van der Waals surface area contributed by atoms with Gasteiger partial charge in [0.25, 0.3) is 0 Å². The average Bonchev–Trinajstić information content (AvgIpc) is 2.84. The van der Waals surface area contributed by atoms with Crippen LogP contribution in [-0.4, -0.2) is 83.5 Å². The fourth-order valence-electron chi connectivity index (χ4n) is 3.33. The molecule has 2 heterocycles. The molecule has 2 aliphatic rings. The number of ether oxygens (including phenoxy) is 1. The van der Waals surface area contributed by atoms with Crippen molar-refractivity contribution in [1.29, 1.82) is 0 Å². The highest BCUT2D eigenvalue weighted by Gasteiger charge is 2.35. The van der Waals surface area contributed by atoms with Gasteiger partial charge in [-0.15, -0.1) is 10.2 Å². The standard InChI is InChI=1S/C16H28N6O2/c1-20(2)10-14-18-19-16(21(14)3)12-8-13(9-12)17-15(23)11-22-4-6-24-7-5-22/h12-13H,4-11H2,1-3H3,(H,17,23). The molecule has 0 unspecified atom stereocenters. The Hall–Kier alpha value is -1.51. The second-order valence-electron chi connectivity index (χ2n) is 7.09. The second-order valence-corrected chi connectivity index (χ2v) is 7.09. The Kier molecular flexibility index (Phi) is 5.47. The highest BCUT2D eigenvalue weighted by molar-refractivity contribution is 5.78. The summed E-state index contributed by atoms with van der Waals surface area (Å²) in [6.07, 6.45) is 1.89. The minimum atomic E-state index is 0.117. The summed E-state index contributed by atoms with van der Waals surface area (Å²) in [5.74, 6) is 2.53. The molecule has 1 aliphatic carbocycles. The van der Waals surface area contributed by atoms with Gasteiger partial charge in [-0.25, -0.2) is 0 Å². The predicted octanol–water partition coefficient (Wildman–Crippen LogP) is -0.429. The lowest BCUT2D eigenvalue weighted by atomic mass is 9.79. The molecule has 8 nitrogen and oxygen atoms in total. The Labute approximate surface area is 143 Å². The molecule has 0 radical (unpaired) electrons. The van der Waals surface area contributed by atoms with E-state index in [2.05, 4.69) is 29.9 Å². The molecule has 24 heavy (non-hydrogen) atoms. The fraction of sp³-hybridized carbons (Fsp3) is 0.812. The van der Waals surface area contributed by atoms with Crippen LogP contribution in [-0.2, 0) is 23.1 Å². The van der Waals surface area contributed by atoms with E-state index in [-0.39, 0.29) is 11.9 Å². The quantitative estimate of drug-likeness (QED) is 0.760. The van der Waals surface area contributed by atoms with Gasteiger partial charge in [0.2, 0.25) is 5.91 Å². The van der Waals surface area contributed by atoms with Gasteiger partial charge in [-0.3, -0.25) is 9.69 Å². The summed E-state index contributed by atoms with van der Waals surface area (Å²) in [7, 11) is 6.08. The lowest BCUT2D eigenvalue weighted by Gasteiger charge is -2.36. The van der Waals surface area contributed by atoms with Crippen molar-refractivity contribution in [2.45, 2.75) is 31.3 Å². The molecule has 0 aromatic carbocycles. The molecular weight excluding hydrogens is 308 g/mol. The predicted molar refractivity (Wildman–Crippen MR) is 89.6 cm³/mol. The third-order valence-corrected chi connectivity index (χ3v) is 4.80. The van der Waals surface area contributed by atoms with Gasteiger partial charge in [0.15, 0.2) is 0 Å². The van der Waals surface area contributed by atoms with Crippen molar-refractivity contribution in [3.05, 3.63) is 11.6 Å². The molecule has 134 valence electrons. The van der Waals surface area contributed by atoms with Crippen LogP contribution in [0, 0.1) is 0 Å². The first-order chi connectivity index (χ1) is 11.5. The summed E-state index contributed by atoms with van der Waals surface area (Å²) in [5, 5.41) is 11.8. The smallest absolute Gasteiger partial charge is 0.234 e. The van der Waals surface area contributed by atoms with Crippen molar-refractivity contribution >= 4 is 5.91 Å². The maximum absolute atomic E-state index is 12.1. The number of morpholine rings is 1. The largest absolute Gasteiger partial charge is 0.379 e. The van der Waals surface area contributed by atoms with Crippen LogP contribution in [0.2, 0.25) is 0 Å². The van der Waals surface area contributed by atoms with Gasteiger partial charge in [0, 0.05) is 32.1 Å². The number of hydrogen-bond acceptors (Lipinski definition) is 6. The van der Waals surface area contributed by atoms with E-state index >= 15 is 0 Å². The summed E-state index contributed by atoms with van der Waals surface area (Å²) in [6, 6.07) is 0.262. The van der Waals surface area contributed by atoms with Crippen LogP contribution in [0.25, 0.3) is 0 Å². The lowest BCUT2D eigenvalue weighted by molar-refractivity contribution is -0.124. The van der Waals surface area contributed by atoms with Crippen molar-refractivity contribution in [2.75, 3.05) is 46.9 Å². The van der Waals surface area contributed by atoms with Crippen molar-refractivity contribution < 1.29 is 9.53 Å². The Morgan fingerprint density at radius 2 is 2.00 bits per heavy atom. The first-order valence-corrected chi connectivity index (χ1v) is 8.65. The van der Waals surface area contributed by atoms with Crippen LogP contribution in [0.3, 0.4) is 0 Å². The molecule has 0 bridgehead atoms. The Morgan fingerprint density at radius 3 is 2.67 bits per heavy atom. The molecule has 1 aromatic rings. The van der Waals surface area contributed by atoms with Gasteiger partial charge in [-0.05, 0) is 26.9 Å². The molecule has 3 rings (SSSR count). The molecule has 0 spiro atoms. The molecular formula is C16H28N6O2. The van der Waals surface area contributed by atoms with E-state index in [1.54, 1.807) is 0 Å². The minimum Gasteiger partial charge on any atom is -0.379 e. The summed E-state index contributed by atoms with van der Waals surface area (Å²) < 4.78 is 7.40. The van der Waals surface area contributed by atoms with Crippen LogP contribution in [0.5, 0.6) is 0 Å². The van der Waals surface area contributed by atoms with Crippen molar-refractivity contribution in [3.63, 3.8) is 0 Å². The highest BCUT2D eigenvalue weighted by atomic mass is 16.5. The third-order valence-electron chi connectivity index (χ3n) is 4.80. The zero-order chi connectivity index (χ0) is 17.1. The monoisotopic (exact) mass is 336 g/mol. The summed E-state index contributed by atoms with van der Waals surface area (Å²) in [6.45, 7) is 4.39. The van der Waals surface area contributed by atoms with E-state index in [1.165, 1.54) is 0 Å². The van der Waals surface area contributed by atoms with Gasteiger partial charge in [-0.1, -0.05) is 0 Å². The number of amides is 1. The number of rotatable bonds is 6. The number of carbonyl (C=O) groups is 1. The first kappa shape index (κ1) is 17.3. The molecule has 1 amide bonds. The SMILES string of the molecule is CN(C)Cc1nnc(C2CC(NC(=O)CN3CCOCC3)C2)n1C. The van der Waals surface area contributed by atoms with Gasteiger partial charge in [-0.2, -0.15) is 0 Å². The third kappa shape index (κ3) is 4.12. The number of nitrogens with zero attached hydrogens (tertiary/aromatic N) is 5. The molecule has 1 saturated heterocycles. The van der Waals surface area contributed by atoms with Crippen LogP contribution < -0.4 is 5.32 Å². The molecule has 8 heteroatoms. The zero-order valence-corrected chi connectivity index (χ0v) is 14.9. The highest BCUT2D eigenvalue weighted by Crippen LogP contribution is 2.35. The molecule has 1 aliphatic heterocycles. The molecule has 1 saturated carbocycles. The normalized spacial score (nSPS) is 24.8. The Balaban J connectivity index is 1.43. The number of nitrogens with one attached hydrogen (secondary N) is 1. The first-order valence-electron chi connectivity index (χ1n) is 8.65. The van der Waals surface area contributed by atoms with E-state index in [0.29, 0.717) is 12.5 Å². The van der Waals surface area contributed by atoms with E-state index in [9.17, 15) is 4.79 Å². The van der Waals surface area contributed by atoms with E-state index in [4.69, 9.17) is 4.74 Å². The minimum absolute atomic E-state index is 0.117. The fourth-order valence-corrected chi connectivity index (χ4v) is 3.33. The summed E-state index contributed by atoms with van der Waals surface area (Å²) in [4.78, 5) is 16.3. The number of aromatic nitrogens is 3. The van der Waals surface area contributed by atoms with Crippen LogP contribution in [0.15, 0.2) is 0 Å². The topological polar surface area (TPSA) is 75.5 Å². The summed E-state index contributed by atoms with van der Waals surface area (Å²) >= 11 is 0. The van der Waals surface area contributed by atoms with Gasteiger partial charge in [0.05, 0.1) is 26.3 Å². The van der Waals surface area contributed by atoms with Crippen LogP contribution in [0.1, 0.15) is 30.4 Å². The Morgan fingerprint density at radius 1 is 1.29 bits per heavy atom.